The molecule has 1 rings (SSSR count). The van der Waals surface area contributed by atoms with Crippen LogP contribution in [0.4, 0.5) is 0 Å². The van der Waals surface area contributed by atoms with Gasteiger partial charge >= 0.3 is 0 Å². The van der Waals surface area contributed by atoms with Crippen molar-refractivity contribution in [2.45, 2.75) is 6.10 Å². The summed E-state index contributed by atoms with van der Waals surface area (Å²) in [6.07, 6.45) is 0.990. The molecule has 1 heterocycles. The third kappa shape index (κ3) is 1.05. The highest BCUT2D eigenvalue weighted by molar-refractivity contribution is 7.09. The maximum atomic E-state index is 8.75. The van der Waals surface area contributed by atoms with E-state index in [4.69, 9.17) is 5.11 Å². The van der Waals surface area contributed by atoms with Gasteiger partial charge in [0.2, 0.25) is 0 Å². The molecule has 1 unspecified atom stereocenters. The Morgan fingerprint density at radius 2 is 2.62 bits per heavy atom. The molecule has 0 saturated carbocycles. The SMILES string of the molecule is [CH2]C(O)c1nccs1. The van der Waals surface area contributed by atoms with Crippen LogP contribution in [-0.4, -0.2) is 10.1 Å². The summed E-state index contributed by atoms with van der Waals surface area (Å²) in [6, 6.07) is 0. The van der Waals surface area contributed by atoms with Gasteiger partial charge in [0.1, 0.15) is 11.1 Å². The topological polar surface area (TPSA) is 33.1 Å². The third-order valence-electron chi connectivity index (χ3n) is 0.736. The summed E-state index contributed by atoms with van der Waals surface area (Å²) in [4.78, 5) is 3.82. The van der Waals surface area contributed by atoms with E-state index >= 15 is 0 Å². The summed E-state index contributed by atoms with van der Waals surface area (Å²) in [5.74, 6) is 0. The van der Waals surface area contributed by atoms with Crippen LogP contribution in [0.5, 0.6) is 0 Å². The van der Waals surface area contributed by atoms with Gasteiger partial charge in [-0.2, -0.15) is 0 Å². The van der Waals surface area contributed by atoms with Crippen molar-refractivity contribution in [1.29, 1.82) is 0 Å². The van der Waals surface area contributed by atoms with Gasteiger partial charge in [-0.15, -0.1) is 11.3 Å². The number of hydrogen-bond acceptors (Lipinski definition) is 3. The van der Waals surface area contributed by atoms with Gasteiger partial charge in [0.05, 0.1) is 0 Å². The van der Waals surface area contributed by atoms with Crippen molar-refractivity contribution in [3.63, 3.8) is 0 Å². The fourth-order valence-electron chi connectivity index (χ4n) is 0.399. The second-order valence-electron chi connectivity index (χ2n) is 1.39. The molecule has 0 bridgehead atoms. The number of rotatable bonds is 1. The zero-order valence-electron chi connectivity index (χ0n) is 4.24. The van der Waals surface area contributed by atoms with Gasteiger partial charge in [-0.1, -0.05) is 0 Å². The second-order valence-corrected chi connectivity index (χ2v) is 2.31. The highest BCUT2D eigenvalue weighted by atomic mass is 32.1. The highest BCUT2D eigenvalue weighted by Crippen LogP contribution is 2.12. The number of aromatic nitrogens is 1. The highest BCUT2D eigenvalue weighted by Gasteiger charge is 1.99. The Morgan fingerprint density at radius 3 is 2.88 bits per heavy atom. The minimum absolute atomic E-state index is 0.657. The first-order chi connectivity index (χ1) is 3.80. The Hall–Kier alpha value is -0.410. The molecule has 0 aliphatic rings. The van der Waals surface area contributed by atoms with E-state index in [9.17, 15) is 0 Å². The maximum absolute atomic E-state index is 8.75. The molecular formula is C5H6NOS. The van der Waals surface area contributed by atoms with E-state index in [0.29, 0.717) is 5.01 Å². The molecule has 1 atom stereocenters. The molecule has 3 heteroatoms. The van der Waals surface area contributed by atoms with Gasteiger partial charge < -0.3 is 5.11 Å². The molecule has 0 saturated heterocycles. The molecule has 0 spiro atoms. The van der Waals surface area contributed by atoms with E-state index < -0.39 is 6.10 Å². The first-order valence-electron chi connectivity index (χ1n) is 2.21. The summed E-state index contributed by atoms with van der Waals surface area (Å²) in [5.41, 5.74) is 0. The van der Waals surface area contributed by atoms with Gasteiger partial charge in [0.15, 0.2) is 0 Å². The standard InChI is InChI=1S/C5H6NOS/c1-4(7)5-6-2-3-8-5/h2-4,7H,1H2. The molecule has 1 aromatic heterocycles. The van der Waals surface area contributed by atoms with E-state index in [2.05, 4.69) is 11.9 Å². The van der Waals surface area contributed by atoms with Gasteiger partial charge in [0, 0.05) is 11.6 Å². The van der Waals surface area contributed by atoms with Gasteiger partial charge in [-0.25, -0.2) is 4.98 Å². The Balaban J connectivity index is 2.77. The molecule has 0 aliphatic carbocycles. The predicted molar refractivity (Wildman–Crippen MR) is 32.4 cm³/mol. The number of thiazole rings is 1. The minimum atomic E-state index is -0.657. The van der Waals surface area contributed by atoms with Crippen molar-refractivity contribution in [2.24, 2.45) is 0 Å². The Morgan fingerprint density at radius 1 is 1.88 bits per heavy atom. The first-order valence-corrected chi connectivity index (χ1v) is 3.09. The quantitative estimate of drug-likeness (QED) is 0.612. The van der Waals surface area contributed by atoms with Crippen LogP contribution in [0.25, 0.3) is 0 Å². The van der Waals surface area contributed by atoms with Gasteiger partial charge in [-0.3, -0.25) is 0 Å². The Bertz CT molecular complexity index is 147. The fraction of sp³-hybridized carbons (Fsp3) is 0.200. The summed E-state index contributed by atoms with van der Waals surface area (Å²) in [6.45, 7) is 3.38. The Kier molecular flexibility index (Phi) is 1.60. The lowest BCUT2D eigenvalue weighted by atomic mass is 10.4. The number of aliphatic hydroxyl groups is 1. The van der Waals surface area contributed by atoms with Crippen molar-refractivity contribution in [1.82, 2.24) is 4.98 Å². The molecule has 0 amide bonds. The number of aliphatic hydroxyl groups excluding tert-OH is 1. The van der Waals surface area contributed by atoms with Crippen molar-refractivity contribution in [3.8, 4) is 0 Å². The lowest BCUT2D eigenvalue weighted by Gasteiger charge is -1.93. The van der Waals surface area contributed by atoms with Gasteiger partial charge in [-0.05, 0) is 6.92 Å². The zero-order valence-corrected chi connectivity index (χ0v) is 5.06. The van der Waals surface area contributed by atoms with Crippen LogP contribution in [0.1, 0.15) is 11.1 Å². The summed E-state index contributed by atoms with van der Waals surface area (Å²) < 4.78 is 0. The monoisotopic (exact) mass is 128 g/mol. The number of nitrogens with zero attached hydrogens (tertiary/aromatic N) is 1. The van der Waals surface area contributed by atoms with E-state index in [1.165, 1.54) is 11.3 Å². The van der Waals surface area contributed by atoms with Crippen LogP contribution < -0.4 is 0 Å². The largest absolute Gasteiger partial charge is 0.386 e. The molecule has 0 fully saturated rings. The molecule has 1 aromatic rings. The lowest BCUT2D eigenvalue weighted by Crippen LogP contribution is -1.87. The lowest BCUT2D eigenvalue weighted by molar-refractivity contribution is 0.225. The van der Waals surface area contributed by atoms with Crippen LogP contribution in [0.3, 0.4) is 0 Å². The summed E-state index contributed by atoms with van der Waals surface area (Å²) in [7, 11) is 0. The van der Waals surface area contributed by atoms with E-state index in [0.717, 1.165) is 0 Å². The molecule has 0 aromatic carbocycles. The van der Waals surface area contributed by atoms with Crippen molar-refractivity contribution in [3.05, 3.63) is 23.5 Å². The molecule has 8 heavy (non-hydrogen) atoms. The molecular weight excluding hydrogens is 122 g/mol. The van der Waals surface area contributed by atoms with Crippen molar-refractivity contribution < 1.29 is 5.11 Å². The van der Waals surface area contributed by atoms with Crippen LogP contribution >= 0.6 is 11.3 Å². The molecule has 1 N–H and O–H groups in total. The normalized spacial score (nSPS) is 13.8. The summed E-state index contributed by atoms with van der Waals surface area (Å²) in [5, 5.41) is 11.2. The average Bonchev–Trinajstić information content (AvgIpc) is 2.12. The van der Waals surface area contributed by atoms with Crippen LogP contribution in [0.2, 0.25) is 0 Å². The first kappa shape index (κ1) is 5.72. The second kappa shape index (κ2) is 2.24. The summed E-state index contributed by atoms with van der Waals surface area (Å²) >= 11 is 1.41. The van der Waals surface area contributed by atoms with Gasteiger partial charge in [0.25, 0.3) is 0 Å². The average molecular weight is 128 g/mol. The smallest absolute Gasteiger partial charge is 0.121 e. The fourth-order valence-corrected chi connectivity index (χ4v) is 0.939. The van der Waals surface area contributed by atoms with Crippen molar-refractivity contribution >= 4 is 11.3 Å². The number of hydrogen-bond donors (Lipinski definition) is 1. The predicted octanol–water partition coefficient (Wildman–Crippen LogP) is 1.01. The minimum Gasteiger partial charge on any atom is -0.386 e. The van der Waals surface area contributed by atoms with Crippen molar-refractivity contribution in [2.75, 3.05) is 0 Å². The zero-order chi connectivity index (χ0) is 5.98. The van der Waals surface area contributed by atoms with E-state index in [1.807, 2.05) is 5.38 Å². The third-order valence-corrected chi connectivity index (χ3v) is 1.61. The molecule has 1 radical (unpaired) electrons. The van der Waals surface area contributed by atoms with Crippen LogP contribution in [-0.2, 0) is 0 Å². The van der Waals surface area contributed by atoms with Crippen LogP contribution in [0, 0.1) is 6.92 Å². The van der Waals surface area contributed by atoms with E-state index in [-0.39, 0.29) is 0 Å². The maximum Gasteiger partial charge on any atom is 0.121 e. The molecule has 2 nitrogen and oxygen atoms in total. The molecule has 0 aliphatic heterocycles. The molecule has 43 valence electrons. The Labute approximate surface area is 51.8 Å². The van der Waals surface area contributed by atoms with E-state index in [1.54, 1.807) is 6.20 Å². The van der Waals surface area contributed by atoms with Crippen LogP contribution in [0.15, 0.2) is 11.6 Å².